The Morgan fingerprint density at radius 2 is 1.92 bits per heavy atom. The Morgan fingerprint density at radius 3 is 2.50 bits per heavy atom. The van der Waals surface area contributed by atoms with E-state index in [-0.39, 0.29) is 0 Å². The fraction of sp³-hybridized carbons (Fsp3) is 0.833. The highest BCUT2D eigenvalue weighted by molar-refractivity contribution is 5.80. The van der Waals surface area contributed by atoms with Crippen molar-refractivity contribution < 1.29 is 0 Å². The van der Waals surface area contributed by atoms with Gasteiger partial charge < -0.3 is 15.2 Å². The minimum Gasteiger partial charge on any atom is -0.356 e. The number of rotatable bonds is 7. The van der Waals surface area contributed by atoms with Crippen LogP contribution in [-0.4, -0.2) is 33.3 Å². The van der Waals surface area contributed by atoms with Crippen molar-refractivity contribution in [3.05, 3.63) is 11.6 Å². The number of nitrogens with zero attached hydrogens (tertiary/aromatic N) is 4. The van der Waals surface area contributed by atoms with Crippen molar-refractivity contribution in [1.82, 2.24) is 25.4 Å². The minimum absolute atomic E-state index is 0.549. The second-order valence-corrected chi connectivity index (χ2v) is 6.93. The monoisotopic (exact) mass is 334 g/mol. The summed E-state index contributed by atoms with van der Waals surface area (Å²) in [7, 11) is 1.99. The largest absolute Gasteiger partial charge is 0.356 e. The van der Waals surface area contributed by atoms with Gasteiger partial charge in [-0.2, -0.15) is 0 Å². The van der Waals surface area contributed by atoms with Crippen molar-refractivity contribution in [2.24, 2.45) is 18.0 Å². The van der Waals surface area contributed by atoms with E-state index < -0.39 is 0 Å². The molecule has 0 amide bonds. The summed E-state index contributed by atoms with van der Waals surface area (Å²) in [5.41, 5.74) is 0. The maximum atomic E-state index is 4.77. The third kappa shape index (κ3) is 5.49. The molecule has 1 heterocycles. The standard InChI is InChI=1S/C18H34N6/c1-5-15(6-2)12-19-18(21-16-10-8-7-9-11-16)20-13-17-23-22-14(3)24(17)4/h15-16H,5-13H2,1-4H3,(H2,19,20,21). The fourth-order valence-corrected chi connectivity index (χ4v) is 3.15. The first kappa shape index (κ1) is 18.7. The highest BCUT2D eigenvalue weighted by atomic mass is 15.3. The number of hydrogen-bond donors (Lipinski definition) is 2. The maximum absolute atomic E-state index is 4.77. The van der Waals surface area contributed by atoms with Crippen LogP contribution in [0.5, 0.6) is 0 Å². The molecular weight excluding hydrogens is 300 g/mol. The van der Waals surface area contributed by atoms with Gasteiger partial charge in [0.05, 0.1) is 0 Å². The molecule has 0 aromatic carbocycles. The highest BCUT2D eigenvalue weighted by Gasteiger charge is 2.15. The lowest BCUT2D eigenvalue weighted by Crippen LogP contribution is -2.45. The van der Waals surface area contributed by atoms with Gasteiger partial charge in [-0.15, -0.1) is 10.2 Å². The zero-order valence-corrected chi connectivity index (χ0v) is 15.8. The Bertz CT molecular complexity index is 512. The molecule has 0 unspecified atom stereocenters. The van der Waals surface area contributed by atoms with E-state index in [2.05, 4.69) is 34.7 Å². The molecule has 2 N–H and O–H groups in total. The lowest BCUT2D eigenvalue weighted by atomic mass is 9.96. The van der Waals surface area contributed by atoms with E-state index in [1.807, 2.05) is 18.5 Å². The number of aryl methyl sites for hydroxylation is 1. The van der Waals surface area contributed by atoms with Crippen LogP contribution < -0.4 is 10.6 Å². The van der Waals surface area contributed by atoms with E-state index >= 15 is 0 Å². The number of aromatic nitrogens is 3. The van der Waals surface area contributed by atoms with Crippen LogP contribution in [0.15, 0.2) is 4.99 Å². The molecule has 6 nitrogen and oxygen atoms in total. The highest BCUT2D eigenvalue weighted by Crippen LogP contribution is 2.17. The van der Waals surface area contributed by atoms with Crippen molar-refractivity contribution in [3.8, 4) is 0 Å². The minimum atomic E-state index is 0.549. The molecule has 0 bridgehead atoms. The van der Waals surface area contributed by atoms with E-state index in [1.54, 1.807) is 0 Å². The maximum Gasteiger partial charge on any atom is 0.191 e. The van der Waals surface area contributed by atoms with Crippen LogP contribution in [0, 0.1) is 12.8 Å². The Kier molecular flexibility index (Phi) is 7.53. The number of guanidine groups is 1. The molecule has 136 valence electrons. The van der Waals surface area contributed by atoms with E-state index in [0.29, 0.717) is 18.5 Å². The van der Waals surface area contributed by atoms with Crippen LogP contribution >= 0.6 is 0 Å². The van der Waals surface area contributed by atoms with Crippen LogP contribution in [0.4, 0.5) is 0 Å². The summed E-state index contributed by atoms with van der Waals surface area (Å²) >= 11 is 0. The molecule has 6 heteroatoms. The summed E-state index contributed by atoms with van der Waals surface area (Å²) in [6.45, 7) is 8.01. The molecule has 1 fully saturated rings. The summed E-state index contributed by atoms with van der Waals surface area (Å²) in [5.74, 6) is 3.45. The smallest absolute Gasteiger partial charge is 0.191 e. The van der Waals surface area contributed by atoms with Gasteiger partial charge in [-0.3, -0.25) is 0 Å². The van der Waals surface area contributed by atoms with Gasteiger partial charge in [-0.25, -0.2) is 4.99 Å². The molecule has 0 radical (unpaired) electrons. The zero-order valence-electron chi connectivity index (χ0n) is 15.8. The molecule has 2 rings (SSSR count). The number of hydrogen-bond acceptors (Lipinski definition) is 3. The molecule has 1 aromatic heterocycles. The van der Waals surface area contributed by atoms with Gasteiger partial charge in [-0.05, 0) is 25.7 Å². The van der Waals surface area contributed by atoms with Crippen molar-refractivity contribution in [1.29, 1.82) is 0 Å². The van der Waals surface area contributed by atoms with Gasteiger partial charge in [0.2, 0.25) is 0 Å². The van der Waals surface area contributed by atoms with E-state index in [9.17, 15) is 0 Å². The summed E-state index contributed by atoms with van der Waals surface area (Å²) < 4.78 is 2.00. The Labute approximate surface area is 146 Å². The molecule has 0 saturated heterocycles. The van der Waals surface area contributed by atoms with Crippen molar-refractivity contribution in [3.63, 3.8) is 0 Å². The number of aliphatic imine (C=N–C) groups is 1. The third-order valence-corrected chi connectivity index (χ3v) is 5.22. The van der Waals surface area contributed by atoms with Gasteiger partial charge in [0.15, 0.2) is 11.8 Å². The average Bonchev–Trinajstić information content (AvgIpc) is 2.93. The van der Waals surface area contributed by atoms with Crippen molar-refractivity contribution >= 4 is 5.96 Å². The number of nitrogens with one attached hydrogen (secondary N) is 2. The average molecular weight is 335 g/mol. The molecule has 0 aliphatic heterocycles. The second-order valence-electron chi connectivity index (χ2n) is 6.93. The van der Waals surface area contributed by atoms with Crippen molar-refractivity contribution in [2.75, 3.05) is 6.54 Å². The van der Waals surface area contributed by atoms with Crippen LogP contribution in [0.1, 0.15) is 70.4 Å². The normalized spacial score (nSPS) is 16.6. The van der Waals surface area contributed by atoms with Crippen molar-refractivity contribution in [2.45, 2.75) is 78.3 Å². The summed E-state index contributed by atoms with van der Waals surface area (Å²) in [6, 6.07) is 0.549. The van der Waals surface area contributed by atoms with E-state index in [0.717, 1.165) is 24.2 Å². The Balaban J connectivity index is 1.99. The summed E-state index contributed by atoms with van der Waals surface area (Å²) in [6.07, 6.45) is 8.89. The fourth-order valence-electron chi connectivity index (χ4n) is 3.15. The van der Waals surface area contributed by atoms with Gasteiger partial charge >= 0.3 is 0 Å². The summed E-state index contributed by atoms with van der Waals surface area (Å²) in [4.78, 5) is 4.77. The van der Waals surface area contributed by atoms with Gasteiger partial charge in [0.1, 0.15) is 12.4 Å². The summed E-state index contributed by atoms with van der Waals surface area (Å²) in [5, 5.41) is 15.5. The Morgan fingerprint density at radius 1 is 1.21 bits per heavy atom. The predicted molar refractivity (Wildman–Crippen MR) is 99.0 cm³/mol. The SMILES string of the molecule is CCC(CC)CNC(=NCc1nnc(C)n1C)NC1CCCCC1. The quantitative estimate of drug-likeness (QED) is 0.594. The first-order valence-electron chi connectivity index (χ1n) is 9.53. The van der Waals surface area contributed by atoms with E-state index in [4.69, 9.17) is 4.99 Å². The molecule has 1 aliphatic rings. The van der Waals surface area contributed by atoms with Crippen LogP contribution in [-0.2, 0) is 13.6 Å². The van der Waals surface area contributed by atoms with Crippen LogP contribution in [0.2, 0.25) is 0 Å². The first-order valence-corrected chi connectivity index (χ1v) is 9.53. The molecular formula is C18H34N6. The van der Waals surface area contributed by atoms with Crippen LogP contribution in [0.3, 0.4) is 0 Å². The molecule has 1 aliphatic carbocycles. The topological polar surface area (TPSA) is 67.1 Å². The molecule has 0 atom stereocenters. The molecule has 1 saturated carbocycles. The van der Waals surface area contributed by atoms with Gasteiger partial charge in [-0.1, -0.05) is 46.0 Å². The first-order chi connectivity index (χ1) is 11.6. The third-order valence-electron chi connectivity index (χ3n) is 5.22. The zero-order chi connectivity index (χ0) is 17.4. The lowest BCUT2D eigenvalue weighted by Gasteiger charge is -2.26. The molecule has 24 heavy (non-hydrogen) atoms. The molecule has 1 aromatic rings. The van der Waals surface area contributed by atoms with Crippen LogP contribution in [0.25, 0.3) is 0 Å². The predicted octanol–water partition coefficient (Wildman–Crippen LogP) is 2.93. The van der Waals surface area contributed by atoms with E-state index in [1.165, 1.54) is 44.9 Å². The van der Waals surface area contributed by atoms with Gasteiger partial charge in [0.25, 0.3) is 0 Å². The van der Waals surface area contributed by atoms with Gasteiger partial charge in [0, 0.05) is 19.6 Å². The Hall–Kier alpha value is -1.59. The molecule has 0 spiro atoms. The second kappa shape index (κ2) is 9.64. The lowest BCUT2D eigenvalue weighted by molar-refractivity contribution is 0.406.